The molecule has 0 N–H and O–H groups in total. The van der Waals surface area contributed by atoms with E-state index < -0.39 is 23.4 Å². The molecule has 0 aliphatic carbocycles. The number of hydrogen-bond acceptors (Lipinski definition) is 1. The standard InChI is InChI=1S/C14H7F5O/c15-10-3-1-9(7-20)11(6-10)8-2-4-12(13(16)5-8)14(17,18)19/h1-7H. The molecule has 20 heavy (non-hydrogen) atoms. The third-order valence-electron chi connectivity index (χ3n) is 2.73. The van der Waals surface area contributed by atoms with Crippen molar-refractivity contribution in [2.24, 2.45) is 0 Å². The van der Waals surface area contributed by atoms with E-state index in [0.29, 0.717) is 18.4 Å². The number of carbonyl (C=O) groups excluding carboxylic acids is 1. The van der Waals surface area contributed by atoms with Crippen LogP contribution in [0.4, 0.5) is 22.0 Å². The van der Waals surface area contributed by atoms with Gasteiger partial charge in [0.2, 0.25) is 0 Å². The maximum Gasteiger partial charge on any atom is 0.419 e. The van der Waals surface area contributed by atoms with Gasteiger partial charge in [-0.2, -0.15) is 13.2 Å². The highest BCUT2D eigenvalue weighted by Gasteiger charge is 2.34. The van der Waals surface area contributed by atoms with Crippen molar-refractivity contribution in [2.45, 2.75) is 6.18 Å². The number of aldehydes is 1. The molecular formula is C14H7F5O. The van der Waals surface area contributed by atoms with Crippen LogP contribution in [0.1, 0.15) is 15.9 Å². The van der Waals surface area contributed by atoms with Crippen molar-refractivity contribution in [1.29, 1.82) is 0 Å². The van der Waals surface area contributed by atoms with Gasteiger partial charge >= 0.3 is 6.18 Å². The number of carbonyl (C=O) groups is 1. The van der Waals surface area contributed by atoms with Crippen LogP contribution in [0.15, 0.2) is 36.4 Å². The van der Waals surface area contributed by atoms with Gasteiger partial charge < -0.3 is 0 Å². The highest BCUT2D eigenvalue weighted by atomic mass is 19.4. The van der Waals surface area contributed by atoms with Crippen molar-refractivity contribution in [1.82, 2.24) is 0 Å². The summed E-state index contributed by atoms with van der Waals surface area (Å²) in [6.07, 6.45) is -4.39. The van der Waals surface area contributed by atoms with E-state index in [0.717, 1.165) is 18.2 Å². The lowest BCUT2D eigenvalue weighted by molar-refractivity contribution is -0.139. The second-order valence-corrected chi connectivity index (χ2v) is 4.04. The highest BCUT2D eigenvalue weighted by molar-refractivity contribution is 5.87. The lowest BCUT2D eigenvalue weighted by Gasteiger charge is -2.10. The first kappa shape index (κ1) is 14.2. The minimum atomic E-state index is -4.81. The largest absolute Gasteiger partial charge is 0.419 e. The Hall–Kier alpha value is -2.24. The minimum absolute atomic E-state index is 0.00269. The molecule has 104 valence electrons. The summed E-state index contributed by atoms with van der Waals surface area (Å²) in [6, 6.07) is 5.36. The normalized spacial score (nSPS) is 11.4. The van der Waals surface area contributed by atoms with Gasteiger partial charge in [0.15, 0.2) is 6.29 Å². The summed E-state index contributed by atoms with van der Waals surface area (Å²) < 4.78 is 63.9. The van der Waals surface area contributed by atoms with Crippen LogP contribution >= 0.6 is 0 Å². The number of hydrogen-bond donors (Lipinski definition) is 0. The Morgan fingerprint density at radius 3 is 2.20 bits per heavy atom. The zero-order valence-corrected chi connectivity index (χ0v) is 9.84. The highest BCUT2D eigenvalue weighted by Crippen LogP contribution is 2.34. The monoisotopic (exact) mass is 286 g/mol. The lowest BCUT2D eigenvalue weighted by Crippen LogP contribution is -2.08. The molecule has 0 saturated heterocycles. The molecule has 6 heteroatoms. The lowest BCUT2D eigenvalue weighted by atomic mass is 9.98. The van der Waals surface area contributed by atoms with E-state index in [1.807, 2.05) is 0 Å². The maximum atomic E-state index is 13.5. The zero-order valence-electron chi connectivity index (χ0n) is 9.84. The van der Waals surface area contributed by atoms with Gasteiger partial charge in [-0.1, -0.05) is 6.07 Å². The van der Waals surface area contributed by atoms with Crippen molar-refractivity contribution in [3.63, 3.8) is 0 Å². The Balaban J connectivity index is 2.58. The zero-order chi connectivity index (χ0) is 14.9. The molecule has 2 aromatic carbocycles. The molecule has 0 bridgehead atoms. The molecule has 1 nitrogen and oxygen atoms in total. The van der Waals surface area contributed by atoms with Gasteiger partial charge in [0.1, 0.15) is 11.6 Å². The van der Waals surface area contributed by atoms with Crippen LogP contribution in [0.25, 0.3) is 11.1 Å². The summed E-state index contributed by atoms with van der Waals surface area (Å²) in [4.78, 5) is 10.8. The fourth-order valence-corrected chi connectivity index (χ4v) is 1.79. The van der Waals surface area contributed by atoms with E-state index in [2.05, 4.69) is 0 Å². The summed E-state index contributed by atoms with van der Waals surface area (Å²) in [5.41, 5.74) is -1.32. The molecule has 0 radical (unpaired) electrons. The summed E-state index contributed by atoms with van der Waals surface area (Å²) in [5.74, 6) is -2.15. The van der Waals surface area contributed by atoms with Gasteiger partial charge in [-0.25, -0.2) is 8.78 Å². The van der Waals surface area contributed by atoms with Crippen LogP contribution in [0.2, 0.25) is 0 Å². The van der Waals surface area contributed by atoms with E-state index in [1.54, 1.807) is 0 Å². The van der Waals surface area contributed by atoms with Crippen LogP contribution < -0.4 is 0 Å². The molecule has 2 rings (SSSR count). The predicted octanol–water partition coefficient (Wildman–Crippen LogP) is 4.46. The van der Waals surface area contributed by atoms with Gasteiger partial charge in [0.25, 0.3) is 0 Å². The molecule has 0 heterocycles. The Kier molecular flexibility index (Phi) is 3.57. The van der Waals surface area contributed by atoms with Crippen molar-refractivity contribution < 1.29 is 26.7 Å². The molecule has 0 amide bonds. The summed E-state index contributed by atoms with van der Waals surface area (Å²) >= 11 is 0. The van der Waals surface area contributed by atoms with Crippen molar-refractivity contribution in [3.05, 3.63) is 59.2 Å². The van der Waals surface area contributed by atoms with Crippen molar-refractivity contribution >= 4 is 6.29 Å². The Bertz CT molecular complexity index is 661. The predicted molar refractivity (Wildman–Crippen MR) is 62.2 cm³/mol. The fourth-order valence-electron chi connectivity index (χ4n) is 1.79. The molecule has 0 aliphatic rings. The third-order valence-corrected chi connectivity index (χ3v) is 2.73. The van der Waals surface area contributed by atoms with E-state index in [9.17, 15) is 26.7 Å². The maximum absolute atomic E-state index is 13.5. The van der Waals surface area contributed by atoms with Gasteiger partial charge in [-0.15, -0.1) is 0 Å². The molecule has 0 unspecified atom stereocenters. The second-order valence-electron chi connectivity index (χ2n) is 4.04. The average molecular weight is 286 g/mol. The van der Waals surface area contributed by atoms with Gasteiger partial charge in [-0.05, 0) is 41.5 Å². The number of alkyl halides is 3. The number of benzene rings is 2. The molecule has 0 aliphatic heterocycles. The van der Waals surface area contributed by atoms with Crippen molar-refractivity contribution in [2.75, 3.05) is 0 Å². The number of halogens is 5. The first-order valence-electron chi connectivity index (χ1n) is 5.45. The molecule has 0 saturated carbocycles. The molecule has 0 spiro atoms. The smallest absolute Gasteiger partial charge is 0.298 e. The molecule has 0 atom stereocenters. The minimum Gasteiger partial charge on any atom is -0.298 e. The van der Waals surface area contributed by atoms with E-state index >= 15 is 0 Å². The van der Waals surface area contributed by atoms with Gasteiger partial charge in [-0.3, -0.25) is 4.79 Å². The van der Waals surface area contributed by atoms with E-state index in [4.69, 9.17) is 0 Å². The van der Waals surface area contributed by atoms with Crippen LogP contribution in [0, 0.1) is 11.6 Å². The topological polar surface area (TPSA) is 17.1 Å². The summed E-state index contributed by atoms with van der Waals surface area (Å²) in [7, 11) is 0. The van der Waals surface area contributed by atoms with Crippen LogP contribution in [-0.2, 0) is 6.18 Å². The quantitative estimate of drug-likeness (QED) is 0.588. The summed E-state index contributed by atoms with van der Waals surface area (Å²) in [5, 5.41) is 0. The third kappa shape index (κ3) is 2.68. The molecule has 0 fully saturated rings. The van der Waals surface area contributed by atoms with Crippen molar-refractivity contribution in [3.8, 4) is 11.1 Å². The second kappa shape index (κ2) is 5.03. The van der Waals surface area contributed by atoms with E-state index in [-0.39, 0.29) is 16.7 Å². The first-order valence-corrected chi connectivity index (χ1v) is 5.45. The Morgan fingerprint density at radius 1 is 0.950 bits per heavy atom. The van der Waals surface area contributed by atoms with E-state index in [1.165, 1.54) is 6.07 Å². The van der Waals surface area contributed by atoms with Crippen LogP contribution in [0.5, 0.6) is 0 Å². The SMILES string of the molecule is O=Cc1ccc(F)cc1-c1ccc(C(F)(F)F)c(F)c1. The molecule has 2 aromatic rings. The molecular weight excluding hydrogens is 279 g/mol. The Morgan fingerprint density at radius 2 is 1.65 bits per heavy atom. The van der Waals surface area contributed by atoms with Gasteiger partial charge in [0, 0.05) is 5.56 Å². The van der Waals surface area contributed by atoms with Crippen LogP contribution in [0.3, 0.4) is 0 Å². The van der Waals surface area contributed by atoms with Gasteiger partial charge in [0.05, 0.1) is 5.56 Å². The fraction of sp³-hybridized carbons (Fsp3) is 0.0714. The number of rotatable bonds is 2. The summed E-state index contributed by atoms with van der Waals surface area (Å²) in [6.45, 7) is 0. The molecule has 0 aromatic heterocycles. The van der Waals surface area contributed by atoms with Crippen LogP contribution in [-0.4, -0.2) is 6.29 Å². The first-order chi connectivity index (χ1) is 9.32. The average Bonchev–Trinajstić information content (AvgIpc) is 2.37. The Labute approximate surface area is 110 Å².